The second kappa shape index (κ2) is 6.48. The van der Waals surface area contributed by atoms with E-state index in [-0.39, 0.29) is 5.91 Å². The number of pyridine rings is 1. The van der Waals surface area contributed by atoms with E-state index in [2.05, 4.69) is 9.98 Å². The number of halogens is 1. The van der Waals surface area contributed by atoms with Crippen LogP contribution in [0.5, 0.6) is 0 Å². The van der Waals surface area contributed by atoms with Crippen LogP contribution in [0.3, 0.4) is 0 Å². The van der Waals surface area contributed by atoms with E-state index in [1.807, 2.05) is 42.8 Å². The zero-order chi connectivity index (χ0) is 16.4. The van der Waals surface area contributed by atoms with Gasteiger partial charge in [-0.15, -0.1) is 11.3 Å². The molecule has 1 aromatic carbocycles. The predicted molar refractivity (Wildman–Crippen MR) is 92.6 cm³/mol. The Balaban J connectivity index is 2.06. The number of carbonyl (C=O) groups is 1. The zero-order valence-corrected chi connectivity index (χ0v) is 14.2. The normalized spacial score (nSPS) is 11.7. The summed E-state index contributed by atoms with van der Waals surface area (Å²) < 4.78 is 1.93. The molecule has 3 aromatic rings. The van der Waals surface area contributed by atoms with Crippen LogP contribution in [0.25, 0.3) is 11.3 Å². The van der Waals surface area contributed by atoms with Gasteiger partial charge < -0.3 is 4.57 Å². The van der Waals surface area contributed by atoms with Crippen molar-refractivity contribution in [2.75, 3.05) is 0 Å². The van der Waals surface area contributed by atoms with Crippen molar-refractivity contribution in [2.24, 2.45) is 12.0 Å². The van der Waals surface area contributed by atoms with Crippen LogP contribution in [0.4, 0.5) is 0 Å². The summed E-state index contributed by atoms with van der Waals surface area (Å²) in [6.45, 7) is 2.02. The number of aryl methyl sites for hydroxylation is 1. The van der Waals surface area contributed by atoms with Crippen LogP contribution in [-0.4, -0.2) is 15.5 Å². The Labute approximate surface area is 142 Å². The summed E-state index contributed by atoms with van der Waals surface area (Å²) in [6, 6.07) is 11.1. The Kier molecular flexibility index (Phi) is 4.41. The van der Waals surface area contributed by atoms with Gasteiger partial charge in [-0.1, -0.05) is 23.7 Å². The van der Waals surface area contributed by atoms with Gasteiger partial charge in [-0.2, -0.15) is 4.99 Å². The Morgan fingerprint density at radius 2 is 2.00 bits per heavy atom. The fourth-order valence-electron chi connectivity index (χ4n) is 2.33. The first-order valence-electron chi connectivity index (χ1n) is 6.97. The van der Waals surface area contributed by atoms with Crippen LogP contribution in [0, 0.1) is 6.92 Å². The molecule has 116 valence electrons. The van der Waals surface area contributed by atoms with Crippen molar-refractivity contribution in [3.63, 3.8) is 0 Å². The number of nitrogens with zero attached hydrogens (tertiary/aromatic N) is 3. The summed E-state index contributed by atoms with van der Waals surface area (Å²) in [5.74, 6) is -0.294. The molecule has 0 atom stereocenters. The van der Waals surface area contributed by atoms with E-state index in [1.165, 1.54) is 17.5 Å². The van der Waals surface area contributed by atoms with E-state index in [4.69, 9.17) is 11.6 Å². The average Bonchev–Trinajstić information content (AvgIpc) is 2.83. The van der Waals surface area contributed by atoms with E-state index in [0.29, 0.717) is 15.4 Å². The lowest BCUT2D eigenvalue weighted by molar-refractivity contribution is 0.0997. The topological polar surface area (TPSA) is 47.2 Å². The largest absolute Gasteiger partial charge is 0.319 e. The molecule has 2 heterocycles. The number of rotatable bonds is 2. The van der Waals surface area contributed by atoms with Gasteiger partial charge in [0, 0.05) is 29.3 Å². The molecule has 0 fully saturated rings. The van der Waals surface area contributed by atoms with Crippen molar-refractivity contribution >= 4 is 28.8 Å². The first-order chi connectivity index (χ1) is 11.1. The number of hydrogen-bond donors (Lipinski definition) is 0. The SMILES string of the molecule is Cc1sc(=NC(=O)c2cccnc2)n(C)c1-c1ccc(Cl)cc1. The lowest BCUT2D eigenvalue weighted by atomic mass is 10.1. The van der Waals surface area contributed by atoms with Crippen molar-refractivity contribution < 1.29 is 4.79 Å². The van der Waals surface area contributed by atoms with E-state index >= 15 is 0 Å². The standard InChI is InChI=1S/C17H14ClN3OS/c1-11-15(12-5-7-14(18)8-6-12)21(2)17(23-11)20-16(22)13-4-3-9-19-10-13/h3-10H,1-2H3. The smallest absolute Gasteiger partial charge is 0.281 e. The molecular formula is C17H14ClN3OS. The van der Waals surface area contributed by atoms with Gasteiger partial charge in [0.1, 0.15) is 0 Å². The molecule has 23 heavy (non-hydrogen) atoms. The second-order valence-electron chi connectivity index (χ2n) is 5.01. The van der Waals surface area contributed by atoms with Crippen molar-refractivity contribution in [2.45, 2.75) is 6.92 Å². The number of amides is 1. The molecule has 6 heteroatoms. The fourth-order valence-corrected chi connectivity index (χ4v) is 3.44. The highest BCUT2D eigenvalue weighted by atomic mass is 35.5. The summed E-state index contributed by atoms with van der Waals surface area (Å²) in [4.78, 5) is 22.2. The lowest BCUT2D eigenvalue weighted by Gasteiger charge is -2.04. The molecule has 2 aromatic heterocycles. The van der Waals surface area contributed by atoms with Crippen LogP contribution in [0.1, 0.15) is 15.2 Å². The van der Waals surface area contributed by atoms with Crippen molar-refractivity contribution in [1.29, 1.82) is 0 Å². The summed E-state index contributed by atoms with van der Waals surface area (Å²) in [5, 5.41) is 0.695. The summed E-state index contributed by atoms with van der Waals surface area (Å²) in [5.41, 5.74) is 2.55. The van der Waals surface area contributed by atoms with Crippen LogP contribution in [0.2, 0.25) is 5.02 Å². The number of benzene rings is 1. The summed E-state index contributed by atoms with van der Waals surface area (Å²) in [6.07, 6.45) is 3.15. The third kappa shape index (κ3) is 3.25. The van der Waals surface area contributed by atoms with Crippen LogP contribution in [-0.2, 0) is 7.05 Å². The maximum absolute atomic E-state index is 12.2. The fraction of sp³-hybridized carbons (Fsp3) is 0.118. The van der Waals surface area contributed by atoms with Gasteiger partial charge in [0.15, 0.2) is 4.80 Å². The maximum atomic E-state index is 12.2. The Bertz CT molecular complexity index is 911. The maximum Gasteiger partial charge on any atom is 0.281 e. The van der Waals surface area contributed by atoms with Gasteiger partial charge in [0.2, 0.25) is 0 Å². The molecule has 3 rings (SSSR count). The van der Waals surface area contributed by atoms with Gasteiger partial charge in [0.25, 0.3) is 5.91 Å². The highest BCUT2D eigenvalue weighted by molar-refractivity contribution is 7.09. The van der Waals surface area contributed by atoms with Crippen LogP contribution < -0.4 is 4.80 Å². The molecule has 0 aliphatic carbocycles. The van der Waals surface area contributed by atoms with Gasteiger partial charge in [-0.25, -0.2) is 0 Å². The Hall–Kier alpha value is -2.24. The molecule has 0 aliphatic heterocycles. The number of carbonyl (C=O) groups excluding carboxylic acids is 1. The minimum atomic E-state index is -0.294. The number of hydrogen-bond acceptors (Lipinski definition) is 3. The monoisotopic (exact) mass is 343 g/mol. The van der Waals surface area contributed by atoms with Crippen LogP contribution in [0.15, 0.2) is 53.8 Å². The van der Waals surface area contributed by atoms with E-state index in [9.17, 15) is 4.79 Å². The molecule has 0 saturated carbocycles. The van der Waals surface area contributed by atoms with Crippen molar-refractivity contribution in [3.8, 4) is 11.3 Å². The molecule has 0 aliphatic rings. The van der Waals surface area contributed by atoms with E-state index in [0.717, 1.165) is 16.1 Å². The van der Waals surface area contributed by atoms with E-state index in [1.54, 1.807) is 18.3 Å². The molecule has 0 unspecified atom stereocenters. The average molecular weight is 344 g/mol. The van der Waals surface area contributed by atoms with Crippen molar-refractivity contribution in [1.82, 2.24) is 9.55 Å². The van der Waals surface area contributed by atoms with Gasteiger partial charge in [-0.3, -0.25) is 9.78 Å². The first kappa shape index (κ1) is 15.6. The molecule has 0 saturated heterocycles. The number of thiazole rings is 1. The molecule has 0 spiro atoms. The highest BCUT2D eigenvalue weighted by Crippen LogP contribution is 2.25. The molecule has 0 N–H and O–H groups in total. The third-order valence-electron chi connectivity index (χ3n) is 3.42. The third-order valence-corrected chi connectivity index (χ3v) is 4.72. The zero-order valence-electron chi connectivity index (χ0n) is 12.7. The Morgan fingerprint density at radius 1 is 1.26 bits per heavy atom. The van der Waals surface area contributed by atoms with Crippen molar-refractivity contribution in [3.05, 3.63) is 69.1 Å². The van der Waals surface area contributed by atoms with Gasteiger partial charge in [0.05, 0.1) is 11.3 Å². The second-order valence-corrected chi connectivity index (χ2v) is 6.63. The molecule has 1 amide bonds. The molecular weight excluding hydrogens is 330 g/mol. The predicted octanol–water partition coefficient (Wildman–Crippen LogP) is 3.85. The Morgan fingerprint density at radius 3 is 2.65 bits per heavy atom. The molecule has 4 nitrogen and oxygen atoms in total. The van der Waals surface area contributed by atoms with Gasteiger partial charge >= 0.3 is 0 Å². The van der Waals surface area contributed by atoms with Crippen LogP contribution >= 0.6 is 22.9 Å². The molecule has 0 radical (unpaired) electrons. The highest BCUT2D eigenvalue weighted by Gasteiger charge is 2.11. The number of aromatic nitrogens is 2. The summed E-state index contributed by atoms with van der Waals surface area (Å²) in [7, 11) is 1.91. The minimum Gasteiger partial charge on any atom is -0.319 e. The summed E-state index contributed by atoms with van der Waals surface area (Å²) >= 11 is 7.43. The van der Waals surface area contributed by atoms with E-state index < -0.39 is 0 Å². The quantitative estimate of drug-likeness (QED) is 0.709. The molecule has 0 bridgehead atoms. The minimum absolute atomic E-state index is 0.294. The van der Waals surface area contributed by atoms with Gasteiger partial charge in [-0.05, 0) is 36.8 Å². The lowest BCUT2D eigenvalue weighted by Crippen LogP contribution is -2.14. The first-order valence-corrected chi connectivity index (χ1v) is 8.17.